The van der Waals surface area contributed by atoms with Crippen molar-refractivity contribution in [3.05, 3.63) is 35.4 Å². The quantitative estimate of drug-likeness (QED) is 0.105. The van der Waals surface area contributed by atoms with Crippen molar-refractivity contribution in [1.82, 2.24) is 26.6 Å². The molecule has 0 bridgehead atoms. The molecule has 1 aromatic carbocycles. The van der Waals surface area contributed by atoms with E-state index in [-0.39, 0.29) is 55.1 Å². The number of rotatable bonds is 20. The molecule has 0 saturated heterocycles. The maximum atomic E-state index is 13.8. The first-order chi connectivity index (χ1) is 23.7. The predicted molar refractivity (Wildman–Crippen MR) is 197 cm³/mol. The number of nitrogens with one attached hydrogen (secondary N) is 5. The van der Waals surface area contributed by atoms with Gasteiger partial charge < -0.3 is 36.8 Å². The smallest absolute Gasteiger partial charge is 0.335 e. The molecule has 1 saturated carbocycles. The Bertz CT molecular complexity index is 1300. The number of aliphatic hydroxyl groups excluding tert-OH is 1. The number of carboxylic acid groups (broad SMARTS) is 1. The van der Waals surface area contributed by atoms with E-state index in [0.29, 0.717) is 25.8 Å². The number of carbonyl (C=O) groups excluding carboxylic acids is 5. The highest BCUT2D eigenvalue weighted by Crippen LogP contribution is 2.28. The van der Waals surface area contributed by atoms with E-state index in [2.05, 4.69) is 26.6 Å². The van der Waals surface area contributed by atoms with Gasteiger partial charge in [0, 0.05) is 12.1 Å². The Labute approximate surface area is 303 Å². The normalized spacial score (nSPS) is 16.6. The van der Waals surface area contributed by atoms with Crippen molar-refractivity contribution < 1.29 is 39.0 Å². The summed E-state index contributed by atoms with van der Waals surface area (Å²) in [5, 5.41) is 34.6. The second-order valence-corrected chi connectivity index (χ2v) is 13.9. The van der Waals surface area contributed by atoms with E-state index in [0.717, 1.165) is 32.1 Å². The molecule has 1 aliphatic rings. The summed E-state index contributed by atoms with van der Waals surface area (Å²) in [7, 11) is 0. The standard InChI is InChI=1S/C37H59N5O8.CH4/c1-7-14-27(39-36(48)32(23(6)8-2)42-33(45)25-17-13-18-26(20-25)37(49)50)34(46)40-28(19-24-15-11-10-12-16-24)29(43)21-30(44)41-31(22(4)5)35(47)38-9-3;/h13,17-18,20,22-24,27-29,31-32,43H,7-12,14-16,19,21H2,1-6H3,(H,38,47)(H,39,48)(H,40,46)(H,41,44)(H,42,45)(H,49,50);1H4/t23-,27-,28-,29-,31-,32-;/m0./s1. The van der Waals surface area contributed by atoms with Crippen LogP contribution in [0.3, 0.4) is 0 Å². The molecule has 288 valence electrons. The summed E-state index contributed by atoms with van der Waals surface area (Å²) >= 11 is 0. The average molecular weight is 718 g/mol. The summed E-state index contributed by atoms with van der Waals surface area (Å²) in [6.07, 6.45) is 5.36. The van der Waals surface area contributed by atoms with Crippen LogP contribution < -0.4 is 26.6 Å². The van der Waals surface area contributed by atoms with Crippen LogP contribution >= 0.6 is 0 Å². The number of hydrogen-bond donors (Lipinski definition) is 7. The van der Waals surface area contributed by atoms with Crippen molar-refractivity contribution in [3.63, 3.8) is 0 Å². The fourth-order valence-corrected chi connectivity index (χ4v) is 6.30. The van der Waals surface area contributed by atoms with Crippen LogP contribution in [0.15, 0.2) is 24.3 Å². The number of amides is 5. The van der Waals surface area contributed by atoms with Gasteiger partial charge in [-0.2, -0.15) is 0 Å². The third-order valence-electron chi connectivity index (χ3n) is 9.48. The van der Waals surface area contributed by atoms with Gasteiger partial charge in [-0.15, -0.1) is 0 Å². The minimum absolute atomic E-state index is 0. The highest BCUT2D eigenvalue weighted by atomic mass is 16.4. The van der Waals surface area contributed by atoms with Crippen LogP contribution in [0.2, 0.25) is 0 Å². The van der Waals surface area contributed by atoms with Gasteiger partial charge in [0.15, 0.2) is 0 Å². The SMILES string of the molecule is C.CCC[C@H](NC(=O)[C@@H](NC(=O)c1cccc(C(=O)O)c1)[C@@H](C)CC)C(=O)N[C@@H](CC1CCCCC1)[C@@H](O)CC(=O)N[C@H](C(=O)NCC)C(C)C. The third-order valence-corrected chi connectivity index (χ3v) is 9.48. The van der Waals surface area contributed by atoms with Crippen LogP contribution in [0.25, 0.3) is 0 Å². The summed E-state index contributed by atoms with van der Waals surface area (Å²) in [5.74, 6) is -3.95. The van der Waals surface area contributed by atoms with E-state index in [1.165, 1.54) is 24.3 Å². The first-order valence-electron chi connectivity index (χ1n) is 18.2. The predicted octanol–water partition coefficient (Wildman–Crippen LogP) is 3.93. The molecule has 0 aliphatic heterocycles. The molecule has 13 heteroatoms. The molecule has 5 amide bonds. The van der Waals surface area contributed by atoms with Crippen molar-refractivity contribution >= 4 is 35.5 Å². The summed E-state index contributed by atoms with van der Waals surface area (Å²) in [6.45, 7) is 11.4. The monoisotopic (exact) mass is 717 g/mol. The Morgan fingerprint density at radius 2 is 1.47 bits per heavy atom. The Morgan fingerprint density at radius 3 is 2.04 bits per heavy atom. The van der Waals surface area contributed by atoms with Crippen LogP contribution in [0.1, 0.15) is 134 Å². The topological polar surface area (TPSA) is 203 Å². The number of carbonyl (C=O) groups is 6. The molecular formula is C38H63N5O8. The van der Waals surface area contributed by atoms with Crippen molar-refractivity contribution in [2.24, 2.45) is 17.8 Å². The second kappa shape index (κ2) is 22.7. The molecule has 0 aromatic heterocycles. The fourth-order valence-electron chi connectivity index (χ4n) is 6.30. The highest BCUT2D eigenvalue weighted by Gasteiger charge is 2.34. The third kappa shape index (κ3) is 14.6. The molecule has 1 aromatic rings. The lowest BCUT2D eigenvalue weighted by Crippen LogP contribution is -2.58. The molecule has 1 fully saturated rings. The lowest BCUT2D eigenvalue weighted by Gasteiger charge is -2.32. The van der Waals surface area contributed by atoms with Crippen LogP contribution in [0, 0.1) is 17.8 Å². The zero-order valence-electron chi connectivity index (χ0n) is 30.6. The first kappa shape index (κ1) is 45.0. The van der Waals surface area contributed by atoms with Gasteiger partial charge in [-0.1, -0.05) is 93.1 Å². The molecule has 0 unspecified atom stereocenters. The van der Waals surface area contributed by atoms with E-state index in [1.54, 1.807) is 13.8 Å². The van der Waals surface area contributed by atoms with E-state index >= 15 is 0 Å². The van der Waals surface area contributed by atoms with Gasteiger partial charge in [0.1, 0.15) is 18.1 Å². The lowest BCUT2D eigenvalue weighted by atomic mass is 9.83. The Hall–Kier alpha value is -4.00. The first-order valence-corrected chi connectivity index (χ1v) is 18.2. The van der Waals surface area contributed by atoms with Crippen LogP contribution in [0.5, 0.6) is 0 Å². The van der Waals surface area contributed by atoms with Gasteiger partial charge in [-0.25, -0.2) is 4.79 Å². The average Bonchev–Trinajstić information content (AvgIpc) is 3.08. The molecule has 0 spiro atoms. The molecule has 51 heavy (non-hydrogen) atoms. The second-order valence-electron chi connectivity index (χ2n) is 13.9. The van der Waals surface area contributed by atoms with Crippen LogP contribution in [-0.4, -0.2) is 82.5 Å². The molecule has 0 heterocycles. The van der Waals surface area contributed by atoms with E-state index < -0.39 is 59.9 Å². The van der Waals surface area contributed by atoms with Crippen molar-refractivity contribution in [2.45, 2.75) is 143 Å². The zero-order chi connectivity index (χ0) is 37.4. The summed E-state index contributed by atoms with van der Waals surface area (Å²) in [5.41, 5.74) is 0.0224. The molecule has 13 nitrogen and oxygen atoms in total. The number of aliphatic hydroxyl groups is 1. The summed E-state index contributed by atoms with van der Waals surface area (Å²) in [6, 6.07) is 1.96. The molecule has 7 N–H and O–H groups in total. The van der Waals surface area contributed by atoms with Crippen molar-refractivity contribution in [3.8, 4) is 0 Å². The van der Waals surface area contributed by atoms with Crippen LogP contribution in [0.4, 0.5) is 0 Å². The van der Waals surface area contributed by atoms with Gasteiger partial charge in [-0.3, -0.25) is 24.0 Å². The van der Waals surface area contributed by atoms with E-state index in [9.17, 15) is 39.0 Å². The Balaban J connectivity index is 0.0000130. The fraction of sp³-hybridized carbons (Fsp3) is 0.684. The zero-order valence-corrected chi connectivity index (χ0v) is 30.6. The molecule has 6 atom stereocenters. The molecule has 1 aliphatic carbocycles. The number of aromatic carboxylic acids is 1. The molecule has 0 radical (unpaired) electrons. The van der Waals surface area contributed by atoms with Gasteiger partial charge in [0.25, 0.3) is 5.91 Å². The van der Waals surface area contributed by atoms with Crippen LogP contribution in [-0.2, 0) is 19.2 Å². The van der Waals surface area contributed by atoms with Gasteiger partial charge in [0.05, 0.1) is 24.1 Å². The summed E-state index contributed by atoms with van der Waals surface area (Å²) in [4.78, 5) is 77.6. The number of hydrogen-bond acceptors (Lipinski definition) is 7. The van der Waals surface area contributed by atoms with Gasteiger partial charge in [0.2, 0.25) is 23.6 Å². The maximum absolute atomic E-state index is 13.8. The Morgan fingerprint density at radius 1 is 0.824 bits per heavy atom. The van der Waals surface area contributed by atoms with Gasteiger partial charge in [-0.05, 0) is 55.7 Å². The highest BCUT2D eigenvalue weighted by molar-refractivity contribution is 6.00. The maximum Gasteiger partial charge on any atom is 0.335 e. The van der Waals surface area contributed by atoms with E-state index in [4.69, 9.17) is 0 Å². The number of likely N-dealkylation sites (N-methyl/N-ethyl adjacent to an activating group) is 1. The minimum Gasteiger partial charge on any atom is -0.478 e. The van der Waals surface area contributed by atoms with E-state index in [1.807, 2.05) is 27.7 Å². The summed E-state index contributed by atoms with van der Waals surface area (Å²) < 4.78 is 0. The van der Waals surface area contributed by atoms with Crippen molar-refractivity contribution in [2.75, 3.05) is 6.54 Å². The minimum atomic E-state index is -1.24. The number of benzene rings is 1. The van der Waals surface area contributed by atoms with Crippen molar-refractivity contribution in [1.29, 1.82) is 0 Å². The lowest BCUT2D eigenvalue weighted by molar-refractivity contribution is -0.133. The molecule has 2 rings (SSSR count). The number of carboxylic acids is 1. The molecular weight excluding hydrogens is 654 g/mol. The van der Waals surface area contributed by atoms with Gasteiger partial charge >= 0.3 is 5.97 Å². The largest absolute Gasteiger partial charge is 0.478 e. The Kier molecular flexibility index (Phi) is 20.1.